The smallest absolute Gasteiger partial charge is 0.243 e. The summed E-state index contributed by atoms with van der Waals surface area (Å²) in [5.74, 6) is 0.0605. The molecule has 7 heteroatoms. The number of para-hydroxylation sites is 1. The van der Waals surface area contributed by atoms with Gasteiger partial charge in [-0.05, 0) is 43.5 Å². The molecule has 0 bridgehead atoms. The summed E-state index contributed by atoms with van der Waals surface area (Å²) >= 11 is 0. The monoisotopic (exact) mass is 413 g/mol. The maximum atomic E-state index is 13.0. The summed E-state index contributed by atoms with van der Waals surface area (Å²) in [6, 6.07) is 17.1. The summed E-state index contributed by atoms with van der Waals surface area (Å²) in [5, 5.41) is 0. The molecule has 1 atom stereocenters. The highest BCUT2D eigenvalue weighted by atomic mass is 32.2. The standard InChI is InChI=1S/C22H27N3O3S/c1-18-11-12-19-7-5-6-10-21(19)25(18)17-22(26)23-13-15-24(16-14-23)29(27,28)20-8-3-2-4-9-20/h2-10,18H,11-17H2,1H3/t18-/m0/s1. The second-order valence-electron chi connectivity index (χ2n) is 7.74. The molecule has 1 fully saturated rings. The Hall–Kier alpha value is -2.38. The van der Waals surface area contributed by atoms with E-state index in [2.05, 4.69) is 24.0 Å². The lowest BCUT2D eigenvalue weighted by Gasteiger charge is -2.39. The first kappa shape index (κ1) is 19.9. The van der Waals surface area contributed by atoms with E-state index in [1.165, 1.54) is 9.87 Å². The number of fused-ring (bicyclic) bond motifs is 1. The number of hydrogen-bond donors (Lipinski definition) is 0. The van der Waals surface area contributed by atoms with E-state index in [1.807, 2.05) is 12.1 Å². The molecule has 2 aromatic rings. The van der Waals surface area contributed by atoms with E-state index in [4.69, 9.17) is 0 Å². The van der Waals surface area contributed by atoms with Crippen LogP contribution in [0.3, 0.4) is 0 Å². The molecular formula is C22H27N3O3S. The zero-order chi connectivity index (χ0) is 20.4. The molecule has 0 radical (unpaired) electrons. The number of sulfonamides is 1. The SMILES string of the molecule is C[C@H]1CCc2ccccc2N1CC(=O)N1CCN(S(=O)(=O)c2ccccc2)CC1. The highest BCUT2D eigenvalue weighted by Crippen LogP contribution is 2.30. The largest absolute Gasteiger partial charge is 0.359 e. The van der Waals surface area contributed by atoms with Gasteiger partial charge in [-0.3, -0.25) is 4.79 Å². The van der Waals surface area contributed by atoms with E-state index in [-0.39, 0.29) is 5.91 Å². The maximum Gasteiger partial charge on any atom is 0.243 e. The molecule has 0 aliphatic carbocycles. The van der Waals surface area contributed by atoms with Gasteiger partial charge in [-0.1, -0.05) is 36.4 Å². The highest BCUT2D eigenvalue weighted by molar-refractivity contribution is 7.89. The summed E-state index contributed by atoms with van der Waals surface area (Å²) in [5.41, 5.74) is 2.43. The third-order valence-corrected chi connectivity index (χ3v) is 7.86. The van der Waals surface area contributed by atoms with Crippen LogP contribution < -0.4 is 4.90 Å². The van der Waals surface area contributed by atoms with Gasteiger partial charge >= 0.3 is 0 Å². The third kappa shape index (κ3) is 4.02. The normalized spacial score (nSPS) is 20.4. The molecule has 29 heavy (non-hydrogen) atoms. The van der Waals surface area contributed by atoms with Gasteiger partial charge in [0.15, 0.2) is 0 Å². The van der Waals surface area contributed by atoms with Crippen LogP contribution in [0.4, 0.5) is 5.69 Å². The number of nitrogens with zero attached hydrogens (tertiary/aromatic N) is 3. The van der Waals surface area contributed by atoms with Crippen molar-refractivity contribution in [2.45, 2.75) is 30.7 Å². The molecule has 2 aliphatic rings. The Balaban J connectivity index is 1.40. The van der Waals surface area contributed by atoms with E-state index in [0.29, 0.717) is 43.7 Å². The molecule has 154 valence electrons. The molecule has 2 heterocycles. The van der Waals surface area contributed by atoms with Crippen molar-refractivity contribution in [3.8, 4) is 0 Å². The maximum absolute atomic E-state index is 13.0. The van der Waals surface area contributed by atoms with E-state index < -0.39 is 10.0 Å². The summed E-state index contributed by atoms with van der Waals surface area (Å²) in [6.07, 6.45) is 2.07. The number of anilines is 1. The van der Waals surface area contributed by atoms with E-state index in [9.17, 15) is 13.2 Å². The predicted molar refractivity (Wildman–Crippen MR) is 113 cm³/mol. The molecule has 2 aliphatic heterocycles. The first-order valence-corrected chi connectivity index (χ1v) is 11.6. The molecule has 6 nitrogen and oxygen atoms in total. The number of hydrogen-bond acceptors (Lipinski definition) is 4. The first-order chi connectivity index (χ1) is 14.0. The molecule has 0 spiro atoms. The Labute approximate surface area is 172 Å². The fraction of sp³-hybridized carbons (Fsp3) is 0.409. The second-order valence-corrected chi connectivity index (χ2v) is 9.68. The third-order valence-electron chi connectivity index (χ3n) is 5.94. The molecule has 1 amide bonds. The zero-order valence-electron chi connectivity index (χ0n) is 16.7. The second kappa shape index (κ2) is 8.16. The van der Waals surface area contributed by atoms with Crippen molar-refractivity contribution in [1.29, 1.82) is 0 Å². The lowest BCUT2D eigenvalue weighted by molar-refractivity contribution is -0.131. The van der Waals surface area contributed by atoms with Crippen molar-refractivity contribution in [2.24, 2.45) is 0 Å². The zero-order valence-corrected chi connectivity index (χ0v) is 17.5. The summed E-state index contributed by atoms with van der Waals surface area (Å²) < 4.78 is 27.0. The van der Waals surface area contributed by atoms with Crippen molar-refractivity contribution in [2.75, 3.05) is 37.6 Å². The van der Waals surface area contributed by atoms with Crippen LogP contribution in [0, 0.1) is 0 Å². The number of carbonyl (C=O) groups is 1. The number of amides is 1. The first-order valence-electron chi connectivity index (χ1n) is 10.1. The molecule has 1 saturated heterocycles. The van der Waals surface area contributed by atoms with Crippen LogP contribution in [-0.4, -0.2) is 62.3 Å². The van der Waals surface area contributed by atoms with E-state index in [0.717, 1.165) is 18.5 Å². The van der Waals surface area contributed by atoms with Crippen LogP contribution in [-0.2, 0) is 21.2 Å². The number of carbonyl (C=O) groups excluding carboxylic acids is 1. The lowest BCUT2D eigenvalue weighted by Crippen LogP contribution is -2.53. The van der Waals surface area contributed by atoms with Crippen LogP contribution in [0.2, 0.25) is 0 Å². The summed E-state index contributed by atoms with van der Waals surface area (Å²) in [4.78, 5) is 17.2. The quantitative estimate of drug-likeness (QED) is 0.772. The van der Waals surface area contributed by atoms with Crippen molar-refractivity contribution < 1.29 is 13.2 Å². The van der Waals surface area contributed by atoms with Crippen LogP contribution in [0.15, 0.2) is 59.5 Å². The highest BCUT2D eigenvalue weighted by Gasteiger charge is 2.32. The molecular weight excluding hydrogens is 386 g/mol. The van der Waals surface area contributed by atoms with Gasteiger partial charge in [0, 0.05) is 37.9 Å². The number of benzene rings is 2. The van der Waals surface area contributed by atoms with Crippen LogP contribution in [0.5, 0.6) is 0 Å². The van der Waals surface area contributed by atoms with Crippen molar-refractivity contribution in [1.82, 2.24) is 9.21 Å². The Bertz CT molecular complexity index is 970. The van der Waals surface area contributed by atoms with Gasteiger partial charge in [0.05, 0.1) is 11.4 Å². The van der Waals surface area contributed by atoms with Gasteiger partial charge in [0.1, 0.15) is 0 Å². The molecule has 0 aromatic heterocycles. The minimum absolute atomic E-state index is 0.0605. The minimum atomic E-state index is -3.50. The van der Waals surface area contributed by atoms with Gasteiger partial charge < -0.3 is 9.80 Å². The Morgan fingerprint density at radius 2 is 1.62 bits per heavy atom. The Kier molecular flexibility index (Phi) is 5.61. The Morgan fingerprint density at radius 1 is 0.966 bits per heavy atom. The Morgan fingerprint density at radius 3 is 2.34 bits per heavy atom. The molecule has 0 N–H and O–H groups in total. The number of piperazine rings is 1. The van der Waals surface area contributed by atoms with E-state index >= 15 is 0 Å². The van der Waals surface area contributed by atoms with Crippen LogP contribution in [0.1, 0.15) is 18.9 Å². The fourth-order valence-electron chi connectivity index (χ4n) is 4.17. The van der Waals surface area contributed by atoms with Crippen molar-refractivity contribution >= 4 is 21.6 Å². The van der Waals surface area contributed by atoms with Crippen molar-refractivity contribution in [3.63, 3.8) is 0 Å². The summed E-state index contributed by atoms with van der Waals surface area (Å²) in [6.45, 7) is 4.00. The molecule has 0 saturated carbocycles. The average Bonchev–Trinajstić information content (AvgIpc) is 2.76. The van der Waals surface area contributed by atoms with Crippen LogP contribution >= 0.6 is 0 Å². The topological polar surface area (TPSA) is 60.9 Å². The molecule has 2 aromatic carbocycles. The predicted octanol–water partition coefficient (Wildman–Crippen LogP) is 2.36. The van der Waals surface area contributed by atoms with Crippen LogP contribution in [0.25, 0.3) is 0 Å². The van der Waals surface area contributed by atoms with E-state index in [1.54, 1.807) is 35.2 Å². The lowest BCUT2D eigenvalue weighted by atomic mass is 9.96. The average molecular weight is 414 g/mol. The summed E-state index contributed by atoms with van der Waals surface area (Å²) in [7, 11) is -3.50. The van der Waals surface area contributed by atoms with Gasteiger partial charge in [-0.2, -0.15) is 4.31 Å². The van der Waals surface area contributed by atoms with Gasteiger partial charge in [0.2, 0.25) is 15.9 Å². The van der Waals surface area contributed by atoms with Crippen molar-refractivity contribution in [3.05, 3.63) is 60.2 Å². The number of rotatable bonds is 4. The van der Waals surface area contributed by atoms with Gasteiger partial charge in [-0.15, -0.1) is 0 Å². The minimum Gasteiger partial charge on any atom is -0.359 e. The molecule has 0 unspecified atom stereocenters. The molecule has 4 rings (SSSR count). The number of aryl methyl sites for hydroxylation is 1. The fourth-order valence-corrected chi connectivity index (χ4v) is 5.61. The van der Waals surface area contributed by atoms with Gasteiger partial charge in [-0.25, -0.2) is 8.42 Å². The van der Waals surface area contributed by atoms with Gasteiger partial charge in [0.25, 0.3) is 0 Å².